The van der Waals surface area contributed by atoms with E-state index in [0.29, 0.717) is 22.8 Å². The molecule has 23 heavy (non-hydrogen) atoms. The van der Waals surface area contributed by atoms with E-state index in [-0.39, 0.29) is 6.10 Å². The number of hydrogen-bond donors (Lipinski definition) is 2. The topological polar surface area (TPSA) is 46.2 Å². The molecule has 2 heteroatoms. The molecule has 4 rings (SSSR count). The summed E-state index contributed by atoms with van der Waals surface area (Å²) in [5.74, 6) is 3.05. The summed E-state index contributed by atoms with van der Waals surface area (Å²) in [7, 11) is 0. The zero-order valence-corrected chi connectivity index (χ0v) is 15.2. The average Bonchev–Trinajstić information content (AvgIpc) is 2.85. The quantitative estimate of drug-likeness (QED) is 0.709. The van der Waals surface area contributed by atoms with Crippen molar-refractivity contribution in [3.63, 3.8) is 0 Å². The van der Waals surface area contributed by atoms with Gasteiger partial charge in [0.05, 0.1) is 6.10 Å². The van der Waals surface area contributed by atoms with Crippen molar-refractivity contribution in [1.29, 1.82) is 0 Å². The van der Waals surface area contributed by atoms with Gasteiger partial charge >= 0.3 is 0 Å². The molecule has 1 unspecified atom stereocenters. The van der Waals surface area contributed by atoms with Crippen molar-refractivity contribution in [3.05, 3.63) is 11.6 Å². The fourth-order valence-corrected chi connectivity index (χ4v) is 7.52. The highest BCUT2D eigenvalue weighted by Crippen LogP contribution is 2.66. The van der Waals surface area contributed by atoms with Crippen LogP contribution < -0.4 is 5.73 Å². The van der Waals surface area contributed by atoms with Crippen molar-refractivity contribution in [1.82, 2.24) is 0 Å². The van der Waals surface area contributed by atoms with Gasteiger partial charge in [-0.2, -0.15) is 0 Å². The number of rotatable bonds is 1. The predicted octanol–water partition coefficient (Wildman–Crippen LogP) is 4.27. The SMILES string of the molecule is C[C@H](O)[C@H]1CC[C@H]2[C@@H]3CC=C4CC(N)CC[C@]4(C)[C@H]3CC[C@]12C. The van der Waals surface area contributed by atoms with Crippen LogP contribution in [-0.4, -0.2) is 17.3 Å². The molecule has 0 amide bonds. The molecule has 0 aromatic heterocycles. The van der Waals surface area contributed by atoms with Crippen LogP contribution in [-0.2, 0) is 0 Å². The maximum absolute atomic E-state index is 10.3. The third kappa shape index (κ3) is 2.20. The summed E-state index contributed by atoms with van der Waals surface area (Å²) in [6, 6.07) is 0.394. The Kier molecular flexibility index (Phi) is 3.74. The minimum Gasteiger partial charge on any atom is -0.393 e. The van der Waals surface area contributed by atoms with Crippen LogP contribution >= 0.6 is 0 Å². The summed E-state index contributed by atoms with van der Waals surface area (Å²) < 4.78 is 0. The molecule has 0 aliphatic heterocycles. The summed E-state index contributed by atoms with van der Waals surface area (Å²) in [5.41, 5.74) is 8.74. The first-order valence-electron chi connectivity index (χ1n) is 9.99. The molecule has 130 valence electrons. The molecular formula is C21H35NO. The van der Waals surface area contributed by atoms with E-state index in [0.717, 1.165) is 24.2 Å². The number of aliphatic hydroxyl groups is 1. The molecule has 4 aliphatic carbocycles. The van der Waals surface area contributed by atoms with Gasteiger partial charge < -0.3 is 10.8 Å². The minimum absolute atomic E-state index is 0.139. The summed E-state index contributed by atoms with van der Waals surface area (Å²) in [5, 5.41) is 10.3. The van der Waals surface area contributed by atoms with Gasteiger partial charge in [-0.25, -0.2) is 0 Å². The maximum atomic E-state index is 10.3. The molecule has 0 aromatic rings. The second kappa shape index (κ2) is 5.33. The highest BCUT2D eigenvalue weighted by Gasteiger charge is 2.59. The molecule has 0 bridgehead atoms. The van der Waals surface area contributed by atoms with E-state index in [9.17, 15) is 5.11 Å². The number of allylic oxidation sites excluding steroid dienone is 1. The van der Waals surface area contributed by atoms with Crippen LogP contribution in [0.5, 0.6) is 0 Å². The Labute approximate surface area is 141 Å². The van der Waals surface area contributed by atoms with Crippen molar-refractivity contribution in [2.75, 3.05) is 0 Å². The van der Waals surface area contributed by atoms with Crippen molar-refractivity contribution in [2.45, 2.75) is 84.3 Å². The summed E-state index contributed by atoms with van der Waals surface area (Å²) in [6.07, 6.45) is 12.6. The van der Waals surface area contributed by atoms with Crippen molar-refractivity contribution >= 4 is 0 Å². The zero-order chi connectivity index (χ0) is 16.4. The summed E-state index contributed by atoms with van der Waals surface area (Å²) in [6.45, 7) is 7.06. The maximum Gasteiger partial charge on any atom is 0.0545 e. The molecule has 3 saturated carbocycles. The molecule has 4 aliphatic rings. The van der Waals surface area contributed by atoms with E-state index >= 15 is 0 Å². The zero-order valence-electron chi connectivity index (χ0n) is 15.2. The molecule has 0 heterocycles. The van der Waals surface area contributed by atoms with E-state index in [4.69, 9.17) is 5.73 Å². The van der Waals surface area contributed by atoms with Crippen LogP contribution in [0.3, 0.4) is 0 Å². The first-order valence-corrected chi connectivity index (χ1v) is 9.99. The lowest BCUT2D eigenvalue weighted by atomic mass is 9.47. The van der Waals surface area contributed by atoms with Crippen molar-refractivity contribution < 1.29 is 5.11 Å². The number of hydrogen-bond acceptors (Lipinski definition) is 2. The molecule has 3 fully saturated rings. The second-order valence-corrected chi connectivity index (χ2v) is 9.73. The average molecular weight is 318 g/mol. The lowest BCUT2D eigenvalue weighted by molar-refractivity contribution is -0.0626. The smallest absolute Gasteiger partial charge is 0.0545 e. The molecule has 3 N–H and O–H groups in total. The highest BCUT2D eigenvalue weighted by molar-refractivity contribution is 5.25. The Morgan fingerprint density at radius 1 is 1.13 bits per heavy atom. The fourth-order valence-electron chi connectivity index (χ4n) is 7.52. The standard InChI is InChI=1S/C21H35NO/c1-13(23)17-6-7-18-16-5-4-14-12-15(22)8-10-20(14,2)19(16)9-11-21(17,18)3/h4,13,15-19,23H,5-12,22H2,1-3H3/t13-,15?,16-,17+,18-,19-,20-,21+/m0/s1. The van der Waals surface area contributed by atoms with Gasteiger partial charge in [0, 0.05) is 6.04 Å². The normalized spacial score (nSPS) is 53.8. The molecular weight excluding hydrogens is 282 g/mol. The van der Waals surface area contributed by atoms with E-state index in [1.165, 1.54) is 44.9 Å². The van der Waals surface area contributed by atoms with E-state index in [1.807, 2.05) is 6.92 Å². The van der Waals surface area contributed by atoms with E-state index in [2.05, 4.69) is 19.9 Å². The largest absolute Gasteiger partial charge is 0.393 e. The Morgan fingerprint density at radius 2 is 1.91 bits per heavy atom. The van der Waals surface area contributed by atoms with Gasteiger partial charge in [-0.15, -0.1) is 0 Å². The van der Waals surface area contributed by atoms with Gasteiger partial charge in [-0.05, 0) is 92.8 Å². The number of fused-ring (bicyclic) bond motifs is 5. The van der Waals surface area contributed by atoms with Gasteiger partial charge in [0.2, 0.25) is 0 Å². The fraction of sp³-hybridized carbons (Fsp3) is 0.905. The van der Waals surface area contributed by atoms with Crippen LogP contribution in [0.4, 0.5) is 0 Å². The second-order valence-electron chi connectivity index (χ2n) is 9.73. The van der Waals surface area contributed by atoms with E-state index in [1.54, 1.807) is 5.57 Å². The molecule has 8 atom stereocenters. The van der Waals surface area contributed by atoms with E-state index < -0.39 is 0 Å². The van der Waals surface area contributed by atoms with Gasteiger partial charge in [0.1, 0.15) is 0 Å². The lowest BCUT2D eigenvalue weighted by Crippen LogP contribution is -2.51. The third-order valence-electron chi connectivity index (χ3n) is 8.80. The van der Waals surface area contributed by atoms with Crippen LogP contribution in [0, 0.1) is 34.5 Å². The Bertz CT molecular complexity index is 512. The third-order valence-corrected chi connectivity index (χ3v) is 8.80. The van der Waals surface area contributed by atoms with Crippen LogP contribution in [0.2, 0.25) is 0 Å². The van der Waals surface area contributed by atoms with Crippen LogP contribution in [0.1, 0.15) is 72.1 Å². The monoisotopic (exact) mass is 317 g/mol. The molecule has 0 spiro atoms. The van der Waals surface area contributed by atoms with Crippen LogP contribution in [0.15, 0.2) is 11.6 Å². The first-order chi connectivity index (χ1) is 10.9. The summed E-state index contributed by atoms with van der Waals surface area (Å²) >= 11 is 0. The van der Waals surface area contributed by atoms with Crippen LogP contribution in [0.25, 0.3) is 0 Å². The molecule has 0 aromatic carbocycles. The minimum atomic E-state index is -0.139. The van der Waals surface area contributed by atoms with Gasteiger partial charge in [0.25, 0.3) is 0 Å². The Hall–Kier alpha value is -0.340. The molecule has 0 saturated heterocycles. The molecule has 0 radical (unpaired) electrons. The summed E-state index contributed by atoms with van der Waals surface area (Å²) in [4.78, 5) is 0. The Morgan fingerprint density at radius 3 is 2.65 bits per heavy atom. The lowest BCUT2D eigenvalue weighted by Gasteiger charge is -2.58. The number of nitrogens with two attached hydrogens (primary N) is 1. The number of aliphatic hydroxyl groups excluding tert-OH is 1. The van der Waals surface area contributed by atoms with Gasteiger partial charge in [-0.3, -0.25) is 0 Å². The van der Waals surface area contributed by atoms with Gasteiger partial charge in [0.15, 0.2) is 0 Å². The van der Waals surface area contributed by atoms with Crippen molar-refractivity contribution in [2.24, 2.45) is 40.2 Å². The first kappa shape index (κ1) is 16.1. The Balaban J connectivity index is 1.65. The van der Waals surface area contributed by atoms with Crippen molar-refractivity contribution in [3.8, 4) is 0 Å². The highest BCUT2D eigenvalue weighted by atomic mass is 16.3. The predicted molar refractivity (Wildman–Crippen MR) is 94.8 cm³/mol. The van der Waals surface area contributed by atoms with Gasteiger partial charge in [-0.1, -0.05) is 25.5 Å². The molecule has 2 nitrogen and oxygen atoms in total.